The highest BCUT2D eigenvalue weighted by molar-refractivity contribution is 5.67. The molecule has 1 heteroatoms. The van der Waals surface area contributed by atoms with Crippen molar-refractivity contribution in [1.82, 2.24) is 4.57 Å². The van der Waals surface area contributed by atoms with Gasteiger partial charge in [-0.2, -0.15) is 0 Å². The molecule has 1 nitrogen and oxygen atoms in total. The van der Waals surface area contributed by atoms with E-state index in [4.69, 9.17) is 0 Å². The van der Waals surface area contributed by atoms with Crippen LogP contribution in [0.2, 0.25) is 0 Å². The molecule has 0 amide bonds. The molecule has 1 aromatic carbocycles. The summed E-state index contributed by atoms with van der Waals surface area (Å²) in [5.74, 6) is 0.567. The quantitative estimate of drug-likeness (QED) is 0.636. The van der Waals surface area contributed by atoms with Crippen LogP contribution in [0.15, 0.2) is 36.5 Å². The molecular weight excluding hydrogens is 254 g/mol. The number of nitrogens with zero attached hydrogens (tertiary/aromatic N) is 1. The molecule has 0 spiro atoms. The topological polar surface area (TPSA) is 4.93 Å². The van der Waals surface area contributed by atoms with Crippen LogP contribution in [0.1, 0.15) is 71.6 Å². The summed E-state index contributed by atoms with van der Waals surface area (Å²) in [5, 5.41) is 0. The van der Waals surface area contributed by atoms with E-state index >= 15 is 0 Å². The highest BCUT2D eigenvalue weighted by atomic mass is 15.0. The zero-order valence-electron chi connectivity index (χ0n) is 14.6. The number of hydrogen-bond donors (Lipinski definition) is 0. The van der Waals surface area contributed by atoms with E-state index in [1.165, 1.54) is 22.4 Å². The third-order valence-corrected chi connectivity index (χ3v) is 4.13. The molecule has 2 aromatic rings. The monoisotopic (exact) mass is 283 g/mol. The Balaban J connectivity index is 2.66. The van der Waals surface area contributed by atoms with E-state index in [2.05, 4.69) is 89.6 Å². The lowest BCUT2D eigenvalue weighted by atomic mass is 9.81. The maximum Gasteiger partial charge on any atom is 0.0485 e. The molecule has 1 heterocycles. The van der Waals surface area contributed by atoms with Crippen molar-refractivity contribution in [1.29, 1.82) is 0 Å². The lowest BCUT2D eigenvalue weighted by molar-refractivity contribution is 0.583. The van der Waals surface area contributed by atoms with Crippen LogP contribution in [0, 0.1) is 0 Å². The Morgan fingerprint density at radius 2 is 1.62 bits per heavy atom. The molecule has 0 saturated carbocycles. The number of hydrogen-bond acceptors (Lipinski definition) is 0. The van der Waals surface area contributed by atoms with Crippen LogP contribution in [-0.2, 0) is 5.41 Å². The molecule has 1 aromatic heterocycles. The van der Waals surface area contributed by atoms with Crippen molar-refractivity contribution in [3.63, 3.8) is 0 Å². The van der Waals surface area contributed by atoms with Gasteiger partial charge in [0.2, 0.25) is 0 Å². The SMILES string of the molecule is CC(C)c1ccc(-c2cccn2C(C)C)c(C(C)(C)C)c1. The maximum absolute atomic E-state index is 2.40. The van der Waals surface area contributed by atoms with Crippen LogP contribution in [0.25, 0.3) is 11.3 Å². The Hall–Kier alpha value is -1.50. The van der Waals surface area contributed by atoms with E-state index in [0.29, 0.717) is 12.0 Å². The molecule has 0 atom stereocenters. The van der Waals surface area contributed by atoms with E-state index in [9.17, 15) is 0 Å². The summed E-state index contributed by atoms with van der Waals surface area (Å²) in [6.45, 7) is 15.9. The minimum absolute atomic E-state index is 0.145. The van der Waals surface area contributed by atoms with Crippen LogP contribution in [0.5, 0.6) is 0 Å². The van der Waals surface area contributed by atoms with Crippen molar-refractivity contribution in [2.45, 2.75) is 65.8 Å². The smallest absolute Gasteiger partial charge is 0.0485 e. The first-order valence-electron chi connectivity index (χ1n) is 8.03. The highest BCUT2D eigenvalue weighted by Gasteiger charge is 2.21. The Kier molecular flexibility index (Phi) is 4.32. The van der Waals surface area contributed by atoms with Crippen molar-refractivity contribution in [3.05, 3.63) is 47.7 Å². The fourth-order valence-corrected chi connectivity index (χ4v) is 2.84. The first-order chi connectivity index (χ1) is 9.71. The Morgan fingerprint density at radius 3 is 2.14 bits per heavy atom. The van der Waals surface area contributed by atoms with Gasteiger partial charge in [0.05, 0.1) is 0 Å². The molecule has 114 valence electrons. The van der Waals surface area contributed by atoms with Gasteiger partial charge in [-0.1, -0.05) is 52.8 Å². The van der Waals surface area contributed by atoms with Crippen molar-refractivity contribution in [2.75, 3.05) is 0 Å². The predicted octanol–water partition coefficient (Wildman–Crippen LogP) is 6.16. The molecular formula is C20H29N. The Morgan fingerprint density at radius 1 is 0.952 bits per heavy atom. The summed E-state index contributed by atoms with van der Waals surface area (Å²) >= 11 is 0. The average molecular weight is 283 g/mol. The molecule has 0 radical (unpaired) electrons. The largest absolute Gasteiger partial charge is 0.345 e. The lowest BCUT2D eigenvalue weighted by Crippen LogP contribution is -2.15. The number of benzene rings is 1. The summed E-state index contributed by atoms with van der Waals surface area (Å²) in [6.07, 6.45) is 2.18. The van der Waals surface area contributed by atoms with Gasteiger partial charge in [-0.15, -0.1) is 0 Å². The first-order valence-corrected chi connectivity index (χ1v) is 8.03. The van der Waals surface area contributed by atoms with Gasteiger partial charge >= 0.3 is 0 Å². The predicted molar refractivity (Wildman–Crippen MR) is 93.0 cm³/mol. The third-order valence-electron chi connectivity index (χ3n) is 4.13. The van der Waals surface area contributed by atoms with Gasteiger partial charge in [0.15, 0.2) is 0 Å². The Bertz CT molecular complexity index is 609. The fourth-order valence-electron chi connectivity index (χ4n) is 2.84. The molecule has 0 N–H and O–H groups in total. The third kappa shape index (κ3) is 3.23. The van der Waals surface area contributed by atoms with Gasteiger partial charge < -0.3 is 4.57 Å². The van der Waals surface area contributed by atoms with Gasteiger partial charge in [-0.25, -0.2) is 0 Å². The van der Waals surface area contributed by atoms with Crippen LogP contribution in [0.4, 0.5) is 0 Å². The molecule has 0 aliphatic carbocycles. The van der Waals surface area contributed by atoms with E-state index in [1.807, 2.05) is 0 Å². The number of rotatable bonds is 3. The molecule has 2 rings (SSSR count). The summed E-state index contributed by atoms with van der Waals surface area (Å²) < 4.78 is 2.36. The first kappa shape index (κ1) is 15.9. The molecule has 0 saturated heterocycles. The molecule has 0 aliphatic heterocycles. The van der Waals surface area contributed by atoms with Crippen molar-refractivity contribution in [3.8, 4) is 11.3 Å². The lowest BCUT2D eigenvalue weighted by Gasteiger charge is -2.26. The van der Waals surface area contributed by atoms with E-state index in [0.717, 1.165) is 0 Å². The van der Waals surface area contributed by atoms with Crippen LogP contribution in [-0.4, -0.2) is 4.57 Å². The molecule has 0 unspecified atom stereocenters. The van der Waals surface area contributed by atoms with Crippen LogP contribution >= 0.6 is 0 Å². The second kappa shape index (κ2) is 5.71. The minimum atomic E-state index is 0.145. The highest BCUT2D eigenvalue weighted by Crippen LogP contribution is 2.36. The Labute approximate surface area is 130 Å². The van der Waals surface area contributed by atoms with E-state index in [-0.39, 0.29) is 5.41 Å². The van der Waals surface area contributed by atoms with Crippen molar-refractivity contribution in [2.24, 2.45) is 0 Å². The van der Waals surface area contributed by atoms with E-state index in [1.54, 1.807) is 0 Å². The summed E-state index contributed by atoms with van der Waals surface area (Å²) in [7, 11) is 0. The van der Waals surface area contributed by atoms with Gasteiger partial charge in [-0.3, -0.25) is 0 Å². The molecule has 0 bridgehead atoms. The normalized spacial score (nSPS) is 12.4. The summed E-state index contributed by atoms with van der Waals surface area (Å²) in [4.78, 5) is 0. The zero-order chi connectivity index (χ0) is 15.8. The average Bonchev–Trinajstić information content (AvgIpc) is 2.86. The minimum Gasteiger partial charge on any atom is -0.345 e. The van der Waals surface area contributed by atoms with Gasteiger partial charge in [-0.05, 0) is 48.4 Å². The standard InChI is InChI=1S/C20H29N/c1-14(2)16-10-11-17(18(13-16)20(5,6)7)19-9-8-12-21(19)15(3)4/h8-15H,1-7H3. The molecule has 0 aliphatic rings. The van der Waals surface area contributed by atoms with Gasteiger partial charge in [0.1, 0.15) is 0 Å². The maximum atomic E-state index is 2.40. The molecule has 0 fully saturated rings. The van der Waals surface area contributed by atoms with Crippen LogP contribution in [0.3, 0.4) is 0 Å². The van der Waals surface area contributed by atoms with Gasteiger partial charge in [0, 0.05) is 23.5 Å². The number of aromatic nitrogens is 1. The van der Waals surface area contributed by atoms with E-state index < -0.39 is 0 Å². The summed E-state index contributed by atoms with van der Waals surface area (Å²) in [6, 6.07) is 11.9. The van der Waals surface area contributed by atoms with Crippen LogP contribution < -0.4 is 0 Å². The van der Waals surface area contributed by atoms with Crippen molar-refractivity contribution < 1.29 is 0 Å². The zero-order valence-corrected chi connectivity index (χ0v) is 14.6. The summed E-state index contributed by atoms with van der Waals surface area (Å²) in [5.41, 5.74) is 5.70. The van der Waals surface area contributed by atoms with Gasteiger partial charge in [0.25, 0.3) is 0 Å². The second-order valence-corrected chi connectivity index (χ2v) is 7.60. The fraction of sp³-hybridized carbons (Fsp3) is 0.500. The molecule has 21 heavy (non-hydrogen) atoms. The second-order valence-electron chi connectivity index (χ2n) is 7.60. The van der Waals surface area contributed by atoms with Crippen molar-refractivity contribution >= 4 is 0 Å².